The number of nitrogens with zero attached hydrogens (tertiary/aromatic N) is 2. The molecule has 10 heteroatoms. The van der Waals surface area contributed by atoms with E-state index in [1.54, 1.807) is 6.07 Å². The van der Waals surface area contributed by atoms with Crippen LogP contribution in [-0.2, 0) is 19.1 Å². The third-order valence-corrected chi connectivity index (χ3v) is 6.10. The minimum atomic E-state index is -4.62. The van der Waals surface area contributed by atoms with E-state index in [-0.39, 0.29) is 41.2 Å². The molecule has 2 aromatic heterocycles. The Bertz CT molecular complexity index is 1430. The standard InChI is InChI=1S/C25H21F3N4O3/c1-34-18-10-7-16(15-8-11-20(25(26,27)28)31-21(15)18)24-32-22(19(12-29)35-24)23(33)30-17-9-6-13-4-2-3-5-14(13)17/h2-5,7-8,10-11,17H,6,9,12,29H2,1H3,(H,30,33). The molecule has 1 aliphatic carbocycles. The maximum absolute atomic E-state index is 13.2. The summed E-state index contributed by atoms with van der Waals surface area (Å²) < 4.78 is 50.7. The third kappa shape index (κ3) is 4.10. The summed E-state index contributed by atoms with van der Waals surface area (Å²) in [5.41, 5.74) is 7.42. The van der Waals surface area contributed by atoms with E-state index in [2.05, 4.69) is 15.3 Å². The number of benzene rings is 2. The molecule has 1 aliphatic rings. The molecular weight excluding hydrogens is 461 g/mol. The van der Waals surface area contributed by atoms with E-state index in [0.29, 0.717) is 10.9 Å². The van der Waals surface area contributed by atoms with E-state index < -0.39 is 17.8 Å². The number of alkyl halides is 3. The van der Waals surface area contributed by atoms with Crippen molar-refractivity contribution in [2.24, 2.45) is 5.73 Å². The van der Waals surface area contributed by atoms with Crippen molar-refractivity contribution >= 4 is 16.8 Å². The molecule has 180 valence electrons. The molecule has 2 heterocycles. The van der Waals surface area contributed by atoms with Crippen LogP contribution in [0.4, 0.5) is 13.2 Å². The molecule has 5 rings (SSSR count). The number of methoxy groups -OCH3 is 1. The summed E-state index contributed by atoms with van der Waals surface area (Å²) in [6.45, 7) is -0.0818. The van der Waals surface area contributed by atoms with E-state index in [4.69, 9.17) is 14.9 Å². The summed E-state index contributed by atoms with van der Waals surface area (Å²) in [4.78, 5) is 21.2. The lowest BCUT2D eigenvalue weighted by molar-refractivity contribution is -0.140. The summed E-state index contributed by atoms with van der Waals surface area (Å²) in [6.07, 6.45) is -2.99. The first-order valence-electron chi connectivity index (χ1n) is 10.9. The van der Waals surface area contributed by atoms with Gasteiger partial charge in [-0.2, -0.15) is 13.2 Å². The Hall–Kier alpha value is -3.92. The van der Waals surface area contributed by atoms with E-state index in [1.807, 2.05) is 24.3 Å². The zero-order valence-corrected chi connectivity index (χ0v) is 18.6. The van der Waals surface area contributed by atoms with Gasteiger partial charge in [0.05, 0.1) is 19.7 Å². The van der Waals surface area contributed by atoms with Crippen LogP contribution in [0.5, 0.6) is 5.75 Å². The highest BCUT2D eigenvalue weighted by atomic mass is 19.4. The smallest absolute Gasteiger partial charge is 0.433 e. The number of rotatable bonds is 5. The molecular formula is C25H21F3N4O3. The van der Waals surface area contributed by atoms with Crippen LogP contribution in [0.25, 0.3) is 22.4 Å². The summed E-state index contributed by atoms with van der Waals surface area (Å²) in [7, 11) is 1.34. The fourth-order valence-corrected chi connectivity index (χ4v) is 4.42. The highest BCUT2D eigenvalue weighted by Gasteiger charge is 2.33. The van der Waals surface area contributed by atoms with E-state index in [9.17, 15) is 18.0 Å². The predicted octanol–water partition coefficient (Wildman–Crippen LogP) is 4.79. The summed E-state index contributed by atoms with van der Waals surface area (Å²) in [6, 6.07) is 13.0. The molecule has 3 N–H and O–H groups in total. The van der Waals surface area contributed by atoms with Crippen LogP contribution in [-0.4, -0.2) is 23.0 Å². The van der Waals surface area contributed by atoms with Gasteiger partial charge in [-0.1, -0.05) is 24.3 Å². The average molecular weight is 482 g/mol. The molecule has 0 saturated carbocycles. The van der Waals surface area contributed by atoms with Crippen LogP contribution < -0.4 is 15.8 Å². The quantitative estimate of drug-likeness (QED) is 0.424. The first kappa shape index (κ1) is 22.9. The van der Waals surface area contributed by atoms with Crippen molar-refractivity contribution in [2.45, 2.75) is 31.6 Å². The van der Waals surface area contributed by atoms with Gasteiger partial charge < -0.3 is 20.2 Å². The Labute approximate surface area is 198 Å². The highest BCUT2D eigenvalue weighted by molar-refractivity contribution is 5.98. The van der Waals surface area contributed by atoms with Crippen molar-refractivity contribution in [3.05, 3.63) is 76.8 Å². The average Bonchev–Trinajstić information content (AvgIpc) is 3.47. The summed E-state index contributed by atoms with van der Waals surface area (Å²) in [5.74, 6) is -0.0416. The minimum Gasteiger partial charge on any atom is -0.494 e. The molecule has 0 saturated heterocycles. The lowest BCUT2D eigenvalue weighted by Crippen LogP contribution is -2.28. The first-order valence-corrected chi connectivity index (χ1v) is 10.9. The number of aryl methyl sites for hydroxylation is 1. The fraction of sp³-hybridized carbons (Fsp3) is 0.240. The van der Waals surface area contributed by atoms with Gasteiger partial charge in [-0.3, -0.25) is 4.79 Å². The van der Waals surface area contributed by atoms with Gasteiger partial charge >= 0.3 is 6.18 Å². The molecule has 0 radical (unpaired) electrons. The van der Waals surface area contributed by atoms with Gasteiger partial charge in [-0.25, -0.2) is 9.97 Å². The largest absolute Gasteiger partial charge is 0.494 e. The number of carbonyl (C=O) groups is 1. The van der Waals surface area contributed by atoms with Gasteiger partial charge in [-0.05, 0) is 48.2 Å². The molecule has 2 aromatic carbocycles. The number of nitrogens with two attached hydrogens (primary N) is 1. The summed E-state index contributed by atoms with van der Waals surface area (Å²) in [5, 5.41) is 3.33. The number of amides is 1. The lowest BCUT2D eigenvalue weighted by Gasteiger charge is -2.13. The normalized spacial score (nSPS) is 15.3. The highest BCUT2D eigenvalue weighted by Crippen LogP contribution is 2.37. The van der Waals surface area contributed by atoms with Crippen molar-refractivity contribution in [3.8, 4) is 17.2 Å². The number of fused-ring (bicyclic) bond motifs is 2. The summed E-state index contributed by atoms with van der Waals surface area (Å²) >= 11 is 0. The van der Waals surface area contributed by atoms with Crippen molar-refractivity contribution in [1.82, 2.24) is 15.3 Å². The molecule has 0 fully saturated rings. The number of carbonyl (C=O) groups excluding carboxylic acids is 1. The second kappa shape index (κ2) is 8.70. The van der Waals surface area contributed by atoms with Gasteiger partial charge in [-0.15, -0.1) is 0 Å². The Balaban J connectivity index is 1.53. The van der Waals surface area contributed by atoms with Gasteiger partial charge in [0.1, 0.15) is 17.0 Å². The molecule has 0 aliphatic heterocycles. The molecule has 1 atom stereocenters. The van der Waals surface area contributed by atoms with E-state index in [0.717, 1.165) is 24.5 Å². The Morgan fingerprint density at radius 2 is 1.97 bits per heavy atom. The van der Waals surface area contributed by atoms with E-state index >= 15 is 0 Å². The van der Waals surface area contributed by atoms with Crippen molar-refractivity contribution in [3.63, 3.8) is 0 Å². The van der Waals surface area contributed by atoms with Crippen LogP contribution in [0.2, 0.25) is 0 Å². The first-order chi connectivity index (χ1) is 16.8. The van der Waals surface area contributed by atoms with Crippen LogP contribution in [0, 0.1) is 0 Å². The number of pyridine rings is 1. The second-order valence-electron chi connectivity index (χ2n) is 8.16. The topological polar surface area (TPSA) is 103 Å². The van der Waals surface area contributed by atoms with Crippen LogP contribution in [0.15, 0.2) is 52.9 Å². The van der Waals surface area contributed by atoms with E-state index in [1.165, 1.54) is 24.8 Å². The molecule has 7 nitrogen and oxygen atoms in total. The molecule has 4 aromatic rings. The van der Waals surface area contributed by atoms with Gasteiger partial charge in [0.25, 0.3) is 5.91 Å². The number of nitrogens with one attached hydrogen (secondary N) is 1. The number of hydrogen-bond donors (Lipinski definition) is 2. The van der Waals surface area contributed by atoms with Crippen LogP contribution >= 0.6 is 0 Å². The van der Waals surface area contributed by atoms with Crippen molar-refractivity contribution < 1.29 is 27.1 Å². The number of ether oxygens (including phenoxy) is 1. The third-order valence-electron chi connectivity index (χ3n) is 6.10. The van der Waals surface area contributed by atoms with Gasteiger partial charge in [0.2, 0.25) is 5.89 Å². The monoisotopic (exact) mass is 482 g/mol. The SMILES string of the molecule is COc1ccc(-c2nc(C(=O)NC3CCc4ccccc43)c(CN)o2)c2ccc(C(F)(F)F)nc12. The molecule has 1 amide bonds. The zero-order valence-electron chi connectivity index (χ0n) is 18.6. The lowest BCUT2D eigenvalue weighted by atomic mass is 10.1. The number of aromatic nitrogens is 2. The number of halogens is 3. The van der Waals surface area contributed by atoms with Crippen molar-refractivity contribution in [1.29, 1.82) is 0 Å². The Morgan fingerprint density at radius 1 is 1.17 bits per heavy atom. The predicted molar refractivity (Wildman–Crippen MR) is 122 cm³/mol. The maximum Gasteiger partial charge on any atom is 0.433 e. The van der Waals surface area contributed by atoms with Gasteiger partial charge in [0.15, 0.2) is 11.5 Å². The number of oxazole rings is 1. The Morgan fingerprint density at radius 3 is 2.71 bits per heavy atom. The second-order valence-corrected chi connectivity index (χ2v) is 8.16. The zero-order chi connectivity index (χ0) is 24.7. The maximum atomic E-state index is 13.2. The molecule has 0 spiro atoms. The minimum absolute atomic E-state index is 0.000822. The molecule has 1 unspecified atom stereocenters. The molecule has 0 bridgehead atoms. The van der Waals surface area contributed by atoms with Gasteiger partial charge in [0, 0.05) is 10.9 Å². The number of hydrogen-bond acceptors (Lipinski definition) is 6. The fourth-order valence-electron chi connectivity index (χ4n) is 4.42. The van der Waals surface area contributed by atoms with Crippen molar-refractivity contribution in [2.75, 3.05) is 7.11 Å². The van der Waals surface area contributed by atoms with Crippen LogP contribution in [0.3, 0.4) is 0 Å². The van der Waals surface area contributed by atoms with Crippen LogP contribution in [0.1, 0.15) is 45.5 Å². The Kier molecular flexibility index (Phi) is 5.68. The molecule has 35 heavy (non-hydrogen) atoms.